The highest BCUT2D eigenvalue weighted by Gasteiger charge is 2.59. The van der Waals surface area contributed by atoms with Crippen LogP contribution in [0.15, 0.2) is 0 Å². The molecular formula is C24H32O16. The minimum atomic E-state index is -1.63. The van der Waals surface area contributed by atoms with Crippen LogP contribution in [0.4, 0.5) is 0 Å². The summed E-state index contributed by atoms with van der Waals surface area (Å²) in [5.74, 6) is -4.63. The fourth-order valence-corrected chi connectivity index (χ4v) is 4.60. The van der Waals surface area contributed by atoms with Gasteiger partial charge in [-0.3, -0.25) is 28.8 Å². The zero-order valence-corrected chi connectivity index (χ0v) is 22.7. The van der Waals surface area contributed by atoms with Gasteiger partial charge in [0, 0.05) is 41.5 Å². The van der Waals surface area contributed by atoms with Crippen LogP contribution in [0.2, 0.25) is 0 Å². The summed E-state index contributed by atoms with van der Waals surface area (Å²) in [7, 11) is 0. The summed E-state index contributed by atoms with van der Waals surface area (Å²) in [5.41, 5.74) is 0. The van der Waals surface area contributed by atoms with Crippen LogP contribution in [0.3, 0.4) is 0 Å². The molecule has 3 aliphatic rings. The van der Waals surface area contributed by atoms with Crippen molar-refractivity contribution >= 4 is 35.8 Å². The average molecular weight is 577 g/mol. The molecule has 16 nitrogen and oxygen atoms in total. The van der Waals surface area contributed by atoms with Gasteiger partial charge in [0.05, 0.1) is 6.61 Å². The Morgan fingerprint density at radius 2 is 1.07 bits per heavy atom. The number of carbonyl (C=O) groups excluding carboxylic acids is 6. The lowest BCUT2D eigenvalue weighted by Gasteiger charge is -2.47. The van der Waals surface area contributed by atoms with Gasteiger partial charge < -0.3 is 47.4 Å². The Balaban J connectivity index is 2.05. The number of ether oxygens (including phenoxy) is 10. The maximum Gasteiger partial charge on any atom is 0.303 e. The number of fused-ring (bicyclic) bond motifs is 2. The molecule has 10 atom stereocenters. The Hall–Kier alpha value is -3.34. The summed E-state index contributed by atoms with van der Waals surface area (Å²) in [4.78, 5) is 71.5. The second-order valence-corrected chi connectivity index (χ2v) is 9.19. The highest BCUT2D eigenvalue weighted by Crippen LogP contribution is 2.37. The Morgan fingerprint density at radius 1 is 0.575 bits per heavy atom. The molecule has 3 heterocycles. The standard InChI is InChI=1S/C24H32O16/c1-9(25)31-7-15-17(33-10(2)26)19(35-12(4)28)22(37-14(6)30)24(39-15)40-20-18(34-11(3)27)16-8-32-23(38-16)21(20)36-13(5)29/h15-24H,7-8H2,1-6H3/t15-,16-,17+,18-,19+,20+,21-,22-,23-,24-/m1/s1. The van der Waals surface area contributed by atoms with E-state index in [0.29, 0.717) is 0 Å². The fraction of sp³-hybridized carbons (Fsp3) is 0.750. The van der Waals surface area contributed by atoms with Gasteiger partial charge in [-0.1, -0.05) is 0 Å². The third kappa shape index (κ3) is 7.87. The minimum Gasteiger partial charge on any atom is -0.463 e. The van der Waals surface area contributed by atoms with E-state index in [0.717, 1.165) is 41.5 Å². The second kappa shape index (κ2) is 13.3. The molecule has 3 fully saturated rings. The van der Waals surface area contributed by atoms with Gasteiger partial charge in [-0.15, -0.1) is 0 Å². The average Bonchev–Trinajstić information content (AvgIpc) is 3.26. The van der Waals surface area contributed by atoms with Gasteiger partial charge in [-0.25, -0.2) is 0 Å². The highest BCUT2D eigenvalue weighted by molar-refractivity contribution is 5.69. The quantitative estimate of drug-likeness (QED) is 0.241. The van der Waals surface area contributed by atoms with Crippen LogP contribution in [0.25, 0.3) is 0 Å². The zero-order chi connectivity index (χ0) is 29.7. The van der Waals surface area contributed by atoms with Crippen molar-refractivity contribution in [2.45, 2.75) is 103 Å². The Kier molecular flexibility index (Phi) is 10.4. The third-order valence-corrected chi connectivity index (χ3v) is 5.86. The lowest BCUT2D eigenvalue weighted by Crippen LogP contribution is -2.66. The first kappa shape index (κ1) is 31.2. The van der Waals surface area contributed by atoms with Crippen LogP contribution in [-0.2, 0) is 76.1 Å². The lowest BCUT2D eigenvalue weighted by molar-refractivity contribution is -0.344. The van der Waals surface area contributed by atoms with E-state index in [1.807, 2.05) is 0 Å². The summed E-state index contributed by atoms with van der Waals surface area (Å²) in [5, 5.41) is 0. The number of esters is 6. The van der Waals surface area contributed by atoms with Gasteiger partial charge in [0.1, 0.15) is 24.9 Å². The van der Waals surface area contributed by atoms with Gasteiger partial charge >= 0.3 is 35.8 Å². The molecule has 16 heteroatoms. The van der Waals surface area contributed by atoms with E-state index < -0.39 is 104 Å². The number of hydrogen-bond donors (Lipinski definition) is 0. The molecule has 0 aliphatic carbocycles. The van der Waals surface area contributed by atoms with Crippen molar-refractivity contribution in [2.24, 2.45) is 0 Å². The molecule has 0 saturated carbocycles. The Bertz CT molecular complexity index is 965. The van der Waals surface area contributed by atoms with E-state index in [-0.39, 0.29) is 6.61 Å². The summed E-state index contributed by atoms with van der Waals surface area (Å²) in [6.07, 6.45) is -13.1. The molecule has 2 bridgehead atoms. The number of carbonyl (C=O) groups is 6. The van der Waals surface area contributed by atoms with Crippen LogP contribution in [0, 0.1) is 0 Å². The van der Waals surface area contributed by atoms with E-state index in [1.54, 1.807) is 0 Å². The molecule has 0 radical (unpaired) electrons. The summed E-state index contributed by atoms with van der Waals surface area (Å²) in [6, 6.07) is 0. The van der Waals surface area contributed by atoms with Gasteiger partial charge in [-0.05, 0) is 0 Å². The fourth-order valence-electron chi connectivity index (χ4n) is 4.60. The molecule has 0 aromatic heterocycles. The first-order chi connectivity index (χ1) is 18.8. The van der Waals surface area contributed by atoms with Crippen molar-refractivity contribution in [2.75, 3.05) is 13.2 Å². The largest absolute Gasteiger partial charge is 0.463 e. The van der Waals surface area contributed by atoms with Crippen molar-refractivity contribution in [3.63, 3.8) is 0 Å². The van der Waals surface area contributed by atoms with E-state index in [2.05, 4.69) is 0 Å². The first-order valence-electron chi connectivity index (χ1n) is 12.3. The monoisotopic (exact) mass is 576 g/mol. The van der Waals surface area contributed by atoms with Gasteiger partial charge in [-0.2, -0.15) is 0 Å². The summed E-state index contributed by atoms with van der Waals surface area (Å²) < 4.78 is 55.4. The van der Waals surface area contributed by atoms with Crippen LogP contribution >= 0.6 is 0 Å². The maximum atomic E-state index is 12.1. The van der Waals surface area contributed by atoms with Crippen molar-refractivity contribution in [1.82, 2.24) is 0 Å². The van der Waals surface area contributed by atoms with Crippen LogP contribution in [-0.4, -0.2) is 110 Å². The van der Waals surface area contributed by atoms with Crippen LogP contribution in [0.5, 0.6) is 0 Å². The predicted molar refractivity (Wildman–Crippen MR) is 123 cm³/mol. The molecule has 3 rings (SSSR count). The van der Waals surface area contributed by atoms with E-state index in [4.69, 9.17) is 47.4 Å². The van der Waals surface area contributed by atoms with E-state index in [1.165, 1.54) is 0 Å². The normalized spacial score (nSPS) is 34.6. The van der Waals surface area contributed by atoms with E-state index in [9.17, 15) is 28.8 Å². The van der Waals surface area contributed by atoms with Gasteiger partial charge in [0.25, 0.3) is 0 Å². The van der Waals surface area contributed by atoms with Crippen molar-refractivity contribution < 1.29 is 76.1 Å². The molecule has 3 saturated heterocycles. The van der Waals surface area contributed by atoms with Gasteiger partial charge in [0.15, 0.2) is 43.1 Å². The van der Waals surface area contributed by atoms with Crippen LogP contribution in [0.1, 0.15) is 41.5 Å². The molecule has 0 amide bonds. The predicted octanol–water partition coefficient (Wildman–Crippen LogP) is -0.927. The molecule has 0 spiro atoms. The third-order valence-electron chi connectivity index (χ3n) is 5.86. The topological polar surface area (TPSA) is 195 Å². The molecule has 0 aromatic rings. The van der Waals surface area contributed by atoms with Crippen LogP contribution < -0.4 is 0 Å². The number of rotatable bonds is 9. The molecule has 0 aromatic carbocycles. The molecule has 0 N–H and O–H groups in total. The lowest BCUT2D eigenvalue weighted by atomic mass is 9.96. The Morgan fingerprint density at radius 3 is 1.62 bits per heavy atom. The molecule has 0 unspecified atom stereocenters. The van der Waals surface area contributed by atoms with Crippen molar-refractivity contribution in [3.05, 3.63) is 0 Å². The second-order valence-electron chi connectivity index (χ2n) is 9.19. The zero-order valence-electron chi connectivity index (χ0n) is 22.7. The molecule has 3 aliphatic heterocycles. The van der Waals surface area contributed by atoms with Crippen molar-refractivity contribution in [3.8, 4) is 0 Å². The summed E-state index contributed by atoms with van der Waals surface area (Å²) in [6.45, 7) is 6.12. The molecule has 224 valence electrons. The Labute approximate surface area is 228 Å². The minimum absolute atomic E-state index is 0.0290. The highest BCUT2D eigenvalue weighted by atomic mass is 16.8. The summed E-state index contributed by atoms with van der Waals surface area (Å²) >= 11 is 0. The SMILES string of the molecule is CC(=O)OC[C@H]1O[C@H](O[C@@H]2[C@@H](OC(C)=O)[C@@H]3OC[C@@H](O3)[C@H]2OC(C)=O)[C@H](OC(C)=O)[C@@H](OC(C)=O)[C@H]1OC(C)=O. The van der Waals surface area contributed by atoms with Gasteiger partial charge in [0.2, 0.25) is 0 Å². The van der Waals surface area contributed by atoms with E-state index >= 15 is 0 Å². The maximum absolute atomic E-state index is 12.1. The first-order valence-corrected chi connectivity index (χ1v) is 12.3. The van der Waals surface area contributed by atoms with Crippen molar-refractivity contribution in [1.29, 1.82) is 0 Å². The molecule has 40 heavy (non-hydrogen) atoms. The smallest absolute Gasteiger partial charge is 0.303 e. The number of hydrogen-bond acceptors (Lipinski definition) is 16. The molecular weight excluding hydrogens is 544 g/mol.